The minimum absolute atomic E-state index is 0.0465. The molecule has 0 radical (unpaired) electrons. The lowest BCUT2D eigenvalue weighted by Gasteiger charge is -2.10. The highest BCUT2D eigenvalue weighted by molar-refractivity contribution is 9.10. The van der Waals surface area contributed by atoms with E-state index in [9.17, 15) is 4.79 Å². The van der Waals surface area contributed by atoms with Crippen molar-refractivity contribution in [1.82, 2.24) is 0 Å². The van der Waals surface area contributed by atoms with Gasteiger partial charge in [-0.05, 0) is 37.1 Å². The van der Waals surface area contributed by atoms with Crippen LogP contribution in [-0.2, 0) is 9.53 Å². The summed E-state index contributed by atoms with van der Waals surface area (Å²) in [5.74, 6) is -0.0465. The van der Waals surface area contributed by atoms with Gasteiger partial charge < -0.3 is 10.1 Å². The number of hydrogen-bond acceptors (Lipinski definition) is 2. The number of anilines is 1. The number of carbonyl (C=O) groups excluding carboxylic acids is 1. The molecule has 2 rings (SSSR count). The number of benzene rings is 1. The molecule has 0 aromatic heterocycles. The second-order valence-corrected chi connectivity index (χ2v) is 4.41. The standard InChI is InChI=1S/C11H12BrNO2/c12-8-3-5-9(6-4-8)13-11(14)10-2-1-7-15-10/h3-6,10H,1-2,7H2,(H,13,14)/t10-/m1/s1. The Morgan fingerprint density at radius 3 is 2.73 bits per heavy atom. The van der Waals surface area contributed by atoms with E-state index in [-0.39, 0.29) is 12.0 Å². The molecule has 0 saturated carbocycles. The molecule has 1 saturated heterocycles. The van der Waals surface area contributed by atoms with E-state index < -0.39 is 0 Å². The normalized spacial score (nSPS) is 20.2. The number of halogens is 1. The average Bonchev–Trinajstić information content (AvgIpc) is 2.74. The summed E-state index contributed by atoms with van der Waals surface area (Å²) in [6, 6.07) is 7.50. The summed E-state index contributed by atoms with van der Waals surface area (Å²) in [6.45, 7) is 0.693. The van der Waals surface area contributed by atoms with Crippen LogP contribution in [0, 0.1) is 0 Å². The molecule has 1 aliphatic heterocycles. The van der Waals surface area contributed by atoms with Gasteiger partial charge in [-0.1, -0.05) is 15.9 Å². The molecule has 80 valence electrons. The lowest BCUT2D eigenvalue weighted by Crippen LogP contribution is -2.26. The fraction of sp³-hybridized carbons (Fsp3) is 0.364. The van der Waals surface area contributed by atoms with Gasteiger partial charge in [-0.3, -0.25) is 4.79 Å². The van der Waals surface area contributed by atoms with Gasteiger partial charge >= 0.3 is 0 Å². The first-order chi connectivity index (χ1) is 7.25. The Bertz CT molecular complexity index is 344. The van der Waals surface area contributed by atoms with Gasteiger partial charge in [-0.15, -0.1) is 0 Å². The Morgan fingerprint density at radius 1 is 1.40 bits per heavy atom. The van der Waals surface area contributed by atoms with Crippen LogP contribution in [0.3, 0.4) is 0 Å². The van der Waals surface area contributed by atoms with Crippen molar-refractivity contribution in [2.75, 3.05) is 11.9 Å². The number of nitrogens with one attached hydrogen (secondary N) is 1. The van der Waals surface area contributed by atoms with Crippen LogP contribution in [0.15, 0.2) is 28.7 Å². The van der Waals surface area contributed by atoms with Gasteiger partial charge in [0.05, 0.1) is 0 Å². The molecule has 3 nitrogen and oxygen atoms in total. The summed E-state index contributed by atoms with van der Waals surface area (Å²) in [6.07, 6.45) is 1.52. The van der Waals surface area contributed by atoms with E-state index in [1.165, 1.54) is 0 Å². The van der Waals surface area contributed by atoms with Crippen molar-refractivity contribution >= 4 is 27.5 Å². The van der Waals surface area contributed by atoms with Crippen LogP contribution in [0.5, 0.6) is 0 Å². The fourth-order valence-corrected chi connectivity index (χ4v) is 1.80. The van der Waals surface area contributed by atoms with E-state index in [0.717, 1.165) is 23.0 Å². The van der Waals surface area contributed by atoms with E-state index in [1.54, 1.807) is 0 Å². The maximum atomic E-state index is 11.7. The molecule has 1 heterocycles. The van der Waals surface area contributed by atoms with Crippen LogP contribution >= 0.6 is 15.9 Å². The predicted molar refractivity (Wildman–Crippen MR) is 61.7 cm³/mol. The molecule has 4 heteroatoms. The van der Waals surface area contributed by atoms with Gasteiger partial charge in [0, 0.05) is 16.8 Å². The second-order valence-electron chi connectivity index (χ2n) is 3.50. The van der Waals surface area contributed by atoms with Gasteiger partial charge in [-0.2, -0.15) is 0 Å². The zero-order valence-corrected chi connectivity index (χ0v) is 9.79. The lowest BCUT2D eigenvalue weighted by atomic mass is 10.2. The van der Waals surface area contributed by atoms with Crippen LogP contribution in [0.1, 0.15) is 12.8 Å². The Labute approximate surface area is 96.9 Å². The number of carbonyl (C=O) groups is 1. The maximum absolute atomic E-state index is 11.7. The molecule has 1 aromatic carbocycles. The Kier molecular flexibility index (Phi) is 3.38. The van der Waals surface area contributed by atoms with Crippen molar-refractivity contribution in [1.29, 1.82) is 0 Å². The third-order valence-corrected chi connectivity index (χ3v) is 2.86. The largest absolute Gasteiger partial charge is 0.368 e. The zero-order chi connectivity index (χ0) is 10.7. The van der Waals surface area contributed by atoms with E-state index in [0.29, 0.717) is 6.61 Å². The first-order valence-corrected chi connectivity index (χ1v) is 5.73. The van der Waals surface area contributed by atoms with Gasteiger partial charge in [0.15, 0.2) is 0 Å². The highest BCUT2D eigenvalue weighted by atomic mass is 79.9. The van der Waals surface area contributed by atoms with Crippen molar-refractivity contribution in [2.45, 2.75) is 18.9 Å². The molecular formula is C11H12BrNO2. The Morgan fingerprint density at radius 2 is 2.13 bits per heavy atom. The topological polar surface area (TPSA) is 38.3 Å². The zero-order valence-electron chi connectivity index (χ0n) is 8.20. The summed E-state index contributed by atoms with van der Waals surface area (Å²) in [5.41, 5.74) is 0.804. The van der Waals surface area contributed by atoms with Crippen LogP contribution < -0.4 is 5.32 Å². The van der Waals surface area contributed by atoms with Crippen molar-refractivity contribution in [3.05, 3.63) is 28.7 Å². The highest BCUT2D eigenvalue weighted by Gasteiger charge is 2.23. The Balaban J connectivity index is 1.96. The lowest BCUT2D eigenvalue weighted by molar-refractivity contribution is -0.124. The minimum atomic E-state index is -0.270. The SMILES string of the molecule is O=C(Nc1ccc(Br)cc1)[C@H]1CCCO1. The number of rotatable bonds is 2. The van der Waals surface area contributed by atoms with E-state index >= 15 is 0 Å². The van der Waals surface area contributed by atoms with E-state index in [1.807, 2.05) is 24.3 Å². The van der Waals surface area contributed by atoms with Crippen molar-refractivity contribution in [3.8, 4) is 0 Å². The van der Waals surface area contributed by atoms with Gasteiger partial charge in [0.2, 0.25) is 0 Å². The first kappa shape index (κ1) is 10.6. The second kappa shape index (κ2) is 4.77. The molecule has 0 bridgehead atoms. The monoisotopic (exact) mass is 269 g/mol. The Hall–Kier alpha value is -0.870. The summed E-state index contributed by atoms with van der Waals surface area (Å²) in [5, 5.41) is 2.83. The quantitative estimate of drug-likeness (QED) is 0.896. The highest BCUT2D eigenvalue weighted by Crippen LogP contribution is 2.17. The van der Waals surface area contributed by atoms with Crippen molar-refractivity contribution < 1.29 is 9.53 Å². The molecular weight excluding hydrogens is 258 g/mol. The molecule has 1 fully saturated rings. The number of ether oxygens (including phenoxy) is 1. The third kappa shape index (κ3) is 2.79. The van der Waals surface area contributed by atoms with Gasteiger partial charge in [0.1, 0.15) is 6.10 Å². The molecule has 1 amide bonds. The van der Waals surface area contributed by atoms with Crippen molar-refractivity contribution in [3.63, 3.8) is 0 Å². The summed E-state index contributed by atoms with van der Waals surface area (Å²) in [4.78, 5) is 11.7. The van der Waals surface area contributed by atoms with Gasteiger partial charge in [-0.25, -0.2) is 0 Å². The molecule has 0 aliphatic carbocycles. The molecule has 1 N–H and O–H groups in total. The van der Waals surface area contributed by atoms with E-state index in [2.05, 4.69) is 21.2 Å². The van der Waals surface area contributed by atoms with Gasteiger partial charge in [0.25, 0.3) is 5.91 Å². The molecule has 0 unspecified atom stereocenters. The molecule has 1 aromatic rings. The first-order valence-electron chi connectivity index (χ1n) is 4.94. The maximum Gasteiger partial charge on any atom is 0.253 e. The summed E-state index contributed by atoms with van der Waals surface area (Å²) >= 11 is 3.34. The third-order valence-electron chi connectivity index (χ3n) is 2.33. The minimum Gasteiger partial charge on any atom is -0.368 e. The number of hydrogen-bond donors (Lipinski definition) is 1. The molecule has 0 spiro atoms. The molecule has 15 heavy (non-hydrogen) atoms. The number of amides is 1. The molecule has 1 atom stereocenters. The van der Waals surface area contributed by atoms with Crippen LogP contribution in [0.4, 0.5) is 5.69 Å². The fourth-order valence-electron chi connectivity index (χ4n) is 1.54. The summed E-state index contributed by atoms with van der Waals surface area (Å²) in [7, 11) is 0. The van der Waals surface area contributed by atoms with Crippen LogP contribution in [-0.4, -0.2) is 18.6 Å². The predicted octanol–water partition coefficient (Wildman–Crippen LogP) is 2.57. The van der Waals surface area contributed by atoms with Crippen molar-refractivity contribution in [2.24, 2.45) is 0 Å². The van der Waals surface area contributed by atoms with Crippen LogP contribution in [0.2, 0.25) is 0 Å². The summed E-state index contributed by atoms with van der Waals surface area (Å²) < 4.78 is 6.29. The van der Waals surface area contributed by atoms with E-state index in [4.69, 9.17) is 4.74 Å². The smallest absolute Gasteiger partial charge is 0.253 e. The molecule has 1 aliphatic rings. The average molecular weight is 270 g/mol. The van der Waals surface area contributed by atoms with Crippen LogP contribution in [0.25, 0.3) is 0 Å².